The first-order chi connectivity index (χ1) is 8.61. The summed E-state index contributed by atoms with van der Waals surface area (Å²) in [6.07, 6.45) is 0. The van der Waals surface area contributed by atoms with Gasteiger partial charge in [0.25, 0.3) is 0 Å². The number of aryl methyl sites for hydroxylation is 2. The van der Waals surface area contributed by atoms with Gasteiger partial charge in [-0.3, -0.25) is 0 Å². The number of nitrogens with zero attached hydrogens (tertiary/aromatic N) is 1. The van der Waals surface area contributed by atoms with Crippen LogP contribution in [0.1, 0.15) is 16.7 Å². The minimum atomic E-state index is 0.591. The quantitative estimate of drug-likeness (QED) is 0.889. The summed E-state index contributed by atoms with van der Waals surface area (Å²) >= 11 is 0. The summed E-state index contributed by atoms with van der Waals surface area (Å²) in [5, 5.41) is 0. The molecular formula is C16H20N2. The van der Waals surface area contributed by atoms with E-state index in [9.17, 15) is 0 Å². The standard InChI is InChI=1S/C16H20N2/c1-12-4-5-13(2)16(10-12)18(3)15-8-6-14(11-17)7-9-15/h4-10H,11,17H2,1-3H3. The van der Waals surface area contributed by atoms with Crippen LogP contribution < -0.4 is 10.6 Å². The Morgan fingerprint density at radius 3 is 2.28 bits per heavy atom. The molecule has 0 saturated heterocycles. The van der Waals surface area contributed by atoms with Crippen molar-refractivity contribution in [1.82, 2.24) is 0 Å². The zero-order valence-electron chi connectivity index (χ0n) is 11.3. The summed E-state index contributed by atoms with van der Waals surface area (Å²) in [5.74, 6) is 0. The molecule has 0 radical (unpaired) electrons. The lowest BCUT2D eigenvalue weighted by molar-refractivity contribution is 1.07. The molecule has 0 atom stereocenters. The van der Waals surface area contributed by atoms with Crippen molar-refractivity contribution in [2.24, 2.45) is 5.73 Å². The van der Waals surface area contributed by atoms with Crippen molar-refractivity contribution >= 4 is 11.4 Å². The molecule has 0 aliphatic carbocycles. The molecule has 18 heavy (non-hydrogen) atoms. The Hall–Kier alpha value is -1.80. The summed E-state index contributed by atoms with van der Waals surface area (Å²) in [5.41, 5.74) is 11.8. The van der Waals surface area contributed by atoms with E-state index in [0.29, 0.717) is 6.54 Å². The minimum Gasteiger partial charge on any atom is -0.344 e. The molecule has 2 nitrogen and oxygen atoms in total. The summed E-state index contributed by atoms with van der Waals surface area (Å²) < 4.78 is 0. The van der Waals surface area contributed by atoms with Crippen LogP contribution in [-0.2, 0) is 6.54 Å². The molecule has 0 aliphatic heterocycles. The van der Waals surface area contributed by atoms with Crippen LogP contribution in [0.2, 0.25) is 0 Å². The van der Waals surface area contributed by atoms with E-state index < -0.39 is 0 Å². The van der Waals surface area contributed by atoms with E-state index in [0.717, 1.165) is 5.56 Å². The highest BCUT2D eigenvalue weighted by atomic mass is 15.1. The maximum absolute atomic E-state index is 5.62. The lowest BCUT2D eigenvalue weighted by Crippen LogP contribution is -2.11. The van der Waals surface area contributed by atoms with E-state index in [1.165, 1.54) is 22.5 Å². The summed E-state index contributed by atoms with van der Waals surface area (Å²) in [6, 6.07) is 14.9. The van der Waals surface area contributed by atoms with Gasteiger partial charge in [0.2, 0.25) is 0 Å². The fraction of sp³-hybridized carbons (Fsp3) is 0.250. The third-order valence-electron chi connectivity index (χ3n) is 3.29. The predicted octanol–water partition coefficient (Wildman–Crippen LogP) is 3.53. The molecule has 0 aromatic heterocycles. The van der Waals surface area contributed by atoms with Crippen molar-refractivity contribution in [1.29, 1.82) is 0 Å². The topological polar surface area (TPSA) is 29.3 Å². The Morgan fingerprint density at radius 2 is 1.67 bits per heavy atom. The second kappa shape index (κ2) is 5.23. The molecule has 0 fully saturated rings. The van der Waals surface area contributed by atoms with E-state index in [1.807, 2.05) is 0 Å². The first-order valence-electron chi connectivity index (χ1n) is 6.22. The number of hydrogen-bond acceptors (Lipinski definition) is 2. The van der Waals surface area contributed by atoms with Crippen LogP contribution in [0.4, 0.5) is 11.4 Å². The van der Waals surface area contributed by atoms with Gasteiger partial charge in [-0.25, -0.2) is 0 Å². The molecule has 2 aromatic rings. The Morgan fingerprint density at radius 1 is 1.00 bits per heavy atom. The van der Waals surface area contributed by atoms with Gasteiger partial charge in [0, 0.05) is 25.0 Å². The lowest BCUT2D eigenvalue weighted by Gasteiger charge is -2.22. The summed E-state index contributed by atoms with van der Waals surface area (Å²) in [7, 11) is 2.10. The van der Waals surface area contributed by atoms with Gasteiger partial charge < -0.3 is 10.6 Å². The fourth-order valence-corrected chi connectivity index (χ4v) is 2.08. The highest BCUT2D eigenvalue weighted by Gasteiger charge is 2.07. The summed E-state index contributed by atoms with van der Waals surface area (Å²) in [6.45, 7) is 4.85. The monoisotopic (exact) mass is 240 g/mol. The number of hydrogen-bond donors (Lipinski definition) is 1. The molecule has 2 heteroatoms. The smallest absolute Gasteiger partial charge is 0.0440 e. The zero-order chi connectivity index (χ0) is 13.1. The number of nitrogens with two attached hydrogens (primary N) is 1. The van der Waals surface area contributed by atoms with Gasteiger partial charge in [-0.15, -0.1) is 0 Å². The van der Waals surface area contributed by atoms with Gasteiger partial charge >= 0.3 is 0 Å². The molecule has 2 N–H and O–H groups in total. The van der Waals surface area contributed by atoms with Crippen molar-refractivity contribution in [3.8, 4) is 0 Å². The number of rotatable bonds is 3. The van der Waals surface area contributed by atoms with Crippen LogP contribution in [-0.4, -0.2) is 7.05 Å². The molecule has 0 unspecified atom stereocenters. The molecule has 0 aliphatic rings. The van der Waals surface area contributed by atoms with E-state index in [2.05, 4.69) is 68.3 Å². The van der Waals surface area contributed by atoms with E-state index in [1.54, 1.807) is 0 Å². The molecule has 2 rings (SSSR count). The van der Waals surface area contributed by atoms with Crippen LogP contribution in [0.25, 0.3) is 0 Å². The van der Waals surface area contributed by atoms with E-state index >= 15 is 0 Å². The van der Waals surface area contributed by atoms with Gasteiger partial charge in [-0.1, -0.05) is 24.3 Å². The molecule has 0 heterocycles. The lowest BCUT2D eigenvalue weighted by atomic mass is 10.1. The average Bonchev–Trinajstić information content (AvgIpc) is 2.41. The Labute approximate surface area is 109 Å². The van der Waals surface area contributed by atoms with Crippen molar-refractivity contribution in [3.63, 3.8) is 0 Å². The van der Waals surface area contributed by atoms with Crippen LogP contribution >= 0.6 is 0 Å². The highest BCUT2D eigenvalue weighted by Crippen LogP contribution is 2.27. The molecule has 94 valence electrons. The molecule has 0 bridgehead atoms. The maximum Gasteiger partial charge on any atom is 0.0440 e. The van der Waals surface area contributed by atoms with Gasteiger partial charge in [0.15, 0.2) is 0 Å². The Kier molecular flexibility index (Phi) is 3.68. The molecule has 0 saturated carbocycles. The third kappa shape index (κ3) is 2.54. The van der Waals surface area contributed by atoms with Crippen LogP contribution in [0.15, 0.2) is 42.5 Å². The SMILES string of the molecule is Cc1ccc(C)c(N(C)c2ccc(CN)cc2)c1. The molecule has 0 spiro atoms. The predicted molar refractivity (Wildman–Crippen MR) is 78.3 cm³/mol. The number of benzene rings is 2. The maximum atomic E-state index is 5.62. The van der Waals surface area contributed by atoms with E-state index in [-0.39, 0.29) is 0 Å². The molecular weight excluding hydrogens is 220 g/mol. The fourth-order valence-electron chi connectivity index (χ4n) is 2.08. The second-order valence-corrected chi connectivity index (χ2v) is 4.72. The summed E-state index contributed by atoms with van der Waals surface area (Å²) in [4.78, 5) is 2.21. The van der Waals surface area contributed by atoms with Crippen molar-refractivity contribution in [3.05, 3.63) is 59.2 Å². The Bertz CT molecular complexity index is 529. The van der Waals surface area contributed by atoms with Crippen molar-refractivity contribution < 1.29 is 0 Å². The minimum absolute atomic E-state index is 0.591. The molecule has 2 aromatic carbocycles. The normalized spacial score (nSPS) is 10.4. The second-order valence-electron chi connectivity index (χ2n) is 4.72. The van der Waals surface area contributed by atoms with Crippen molar-refractivity contribution in [2.75, 3.05) is 11.9 Å². The van der Waals surface area contributed by atoms with Gasteiger partial charge in [0.05, 0.1) is 0 Å². The Balaban J connectivity index is 2.34. The average molecular weight is 240 g/mol. The third-order valence-corrected chi connectivity index (χ3v) is 3.29. The largest absolute Gasteiger partial charge is 0.344 e. The van der Waals surface area contributed by atoms with E-state index in [4.69, 9.17) is 5.73 Å². The van der Waals surface area contributed by atoms with Crippen LogP contribution in [0.5, 0.6) is 0 Å². The highest BCUT2D eigenvalue weighted by molar-refractivity contribution is 5.66. The first kappa shape index (κ1) is 12.7. The molecule has 0 amide bonds. The van der Waals surface area contributed by atoms with Gasteiger partial charge in [-0.2, -0.15) is 0 Å². The van der Waals surface area contributed by atoms with Gasteiger partial charge in [-0.05, 0) is 48.7 Å². The van der Waals surface area contributed by atoms with Crippen LogP contribution in [0.3, 0.4) is 0 Å². The van der Waals surface area contributed by atoms with Crippen LogP contribution in [0, 0.1) is 13.8 Å². The zero-order valence-corrected chi connectivity index (χ0v) is 11.3. The van der Waals surface area contributed by atoms with Gasteiger partial charge in [0.1, 0.15) is 0 Å². The first-order valence-corrected chi connectivity index (χ1v) is 6.22. The van der Waals surface area contributed by atoms with Crippen molar-refractivity contribution in [2.45, 2.75) is 20.4 Å². The number of anilines is 2.